The Morgan fingerprint density at radius 3 is 2.72 bits per heavy atom. The number of carbonyl (C=O) groups is 1. The van der Waals surface area contributed by atoms with Gasteiger partial charge < -0.3 is 14.8 Å². The predicted octanol–water partition coefficient (Wildman–Crippen LogP) is 3.39. The molecule has 25 heavy (non-hydrogen) atoms. The number of benzene rings is 2. The molecule has 0 aliphatic carbocycles. The summed E-state index contributed by atoms with van der Waals surface area (Å²) in [7, 11) is -1.17. The van der Waals surface area contributed by atoms with Crippen molar-refractivity contribution >= 4 is 34.0 Å². The van der Waals surface area contributed by atoms with E-state index in [0.29, 0.717) is 35.5 Å². The molecule has 0 saturated carbocycles. The van der Waals surface area contributed by atoms with Crippen LogP contribution < -0.4 is 14.8 Å². The molecular formula is C18H18ClNO4S. The van der Waals surface area contributed by atoms with Gasteiger partial charge in [-0.25, -0.2) is 0 Å². The third kappa shape index (κ3) is 4.96. The fourth-order valence-corrected chi connectivity index (χ4v) is 3.84. The number of fused-ring (bicyclic) bond motifs is 1. The Kier molecular flexibility index (Phi) is 5.94. The molecule has 0 saturated heterocycles. The van der Waals surface area contributed by atoms with Crippen LogP contribution in [-0.4, -0.2) is 29.1 Å². The van der Waals surface area contributed by atoms with Gasteiger partial charge in [-0.1, -0.05) is 29.8 Å². The number of ether oxygens (including phenoxy) is 2. The molecule has 1 N–H and O–H groups in total. The maximum atomic E-state index is 12.3. The summed E-state index contributed by atoms with van der Waals surface area (Å²) in [4.78, 5) is 11.9. The van der Waals surface area contributed by atoms with Crippen molar-refractivity contribution < 1.29 is 18.5 Å². The van der Waals surface area contributed by atoms with Gasteiger partial charge in [0.15, 0.2) is 11.5 Å². The minimum atomic E-state index is -1.17. The van der Waals surface area contributed by atoms with Crippen LogP contribution in [0.3, 0.4) is 0 Å². The zero-order valence-electron chi connectivity index (χ0n) is 13.5. The second kappa shape index (κ2) is 8.36. The number of para-hydroxylation sites is 1. The van der Waals surface area contributed by atoms with E-state index >= 15 is 0 Å². The molecule has 0 fully saturated rings. The molecule has 0 aromatic heterocycles. The van der Waals surface area contributed by atoms with Gasteiger partial charge in [-0.15, -0.1) is 0 Å². The third-order valence-corrected chi connectivity index (χ3v) is 5.19. The molecule has 1 heterocycles. The second-order valence-corrected chi connectivity index (χ2v) is 7.54. The molecule has 1 aliphatic heterocycles. The number of hydrogen-bond donors (Lipinski definition) is 1. The molecule has 2 aromatic rings. The Bertz CT molecular complexity index is 782. The Hall–Kier alpha value is -2.05. The van der Waals surface area contributed by atoms with Gasteiger partial charge in [-0.05, 0) is 29.8 Å². The molecule has 2 aromatic carbocycles. The molecule has 1 aliphatic rings. The highest BCUT2D eigenvalue weighted by atomic mass is 35.5. The maximum absolute atomic E-state index is 12.3. The lowest BCUT2D eigenvalue weighted by Gasteiger charge is -2.20. The van der Waals surface area contributed by atoms with Gasteiger partial charge in [0.05, 0.1) is 5.02 Å². The molecule has 1 unspecified atom stereocenters. The van der Waals surface area contributed by atoms with E-state index in [1.807, 2.05) is 30.3 Å². The summed E-state index contributed by atoms with van der Waals surface area (Å²) in [5.74, 6) is 1.55. The van der Waals surface area contributed by atoms with Crippen molar-refractivity contribution in [2.75, 3.05) is 24.3 Å². The molecular weight excluding hydrogens is 362 g/mol. The fourth-order valence-electron chi connectivity index (χ4n) is 2.46. The number of hydrogen-bond acceptors (Lipinski definition) is 4. The Labute approximate surface area is 153 Å². The van der Waals surface area contributed by atoms with Crippen molar-refractivity contribution in [2.45, 2.75) is 12.2 Å². The van der Waals surface area contributed by atoms with E-state index in [9.17, 15) is 9.00 Å². The quantitative estimate of drug-likeness (QED) is 0.835. The zero-order valence-corrected chi connectivity index (χ0v) is 15.1. The second-order valence-electron chi connectivity index (χ2n) is 5.55. The lowest BCUT2D eigenvalue weighted by molar-refractivity contribution is -0.115. The van der Waals surface area contributed by atoms with E-state index in [4.69, 9.17) is 21.1 Å². The highest BCUT2D eigenvalue weighted by Gasteiger charge is 2.17. The predicted molar refractivity (Wildman–Crippen MR) is 98.8 cm³/mol. The van der Waals surface area contributed by atoms with Crippen molar-refractivity contribution in [3.63, 3.8) is 0 Å². The molecule has 7 heteroatoms. The Balaban J connectivity index is 1.52. The van der Waals surface area contributed by atoms with E-state index in [1.54, 1.807) is 12.1 Å². The lowest BCUT2D eigenvalue weighted by Crippen LogP contribution is -2.16. The van der Waals surface area contributed by atoms with Crippen LogP contribution in [-0.2, 0) is 21.3 Å². The minimum absolute atomic E-state index is 0.153. The van der Waals surface area contributed by atoms with Crippen LogP contribution in [0.15, 0.2) is 42.5 Å². The average molecular weight is 380 g/mol. The first-order chi connectivity index (χ1) is 12.1. The summed E-state index contributed by atoms with van der Waals surface area (Å²) in [5, 5.41) is 3.23. The summed E-state index contributed by atoms with van der Waals surface area (Å²) in [6.45, 7) is 0.935. The van der Waals surface area contributed by atoms with Gasteiger partial charge in [-0.3, -0.25) is 9.00 Å². The van der Waals surface area contributed by atoms with Crippen LogP contribution >= 0.6 is 11.6 Å². The van der Waals surface area contributed by atoms with Crippen molar-refractivity contribution in [1.29, 1.82) is 0 Å². The number of nitrogens with one attached hydrogen (secondary N) is 1. The Morgan fingerprint density at radius 2 is 1.92 bits per heavy atom. The SMILES string of the molecule is O=C(CCS(=O)Cc1cc(Cl)c2c(c1)OCCO2)Nc1ccccc1. The van der Waals surface area contributed by atoms with Gasteiger partial charge in [0.2, 0.25) is 5.91 Å². The molecule has 5 nitrogen and oxygen atoms in total. The smallest absolute Gasteiger partial charge is 0.225 e. The first-order valence-electron chi connectivity index (χ1n) is 7.90. The molecule has 1 amide bonds. The molecule has 0 radical (unpaired) electrons. The molecule has 132 valence electrons. The van der Waals surface area contributed by atoms with Gasteiger partial charge in [0.25, 0.3) is 0 Å². The summed E-state index contributed by atoms with van der Waals surface area (Å²) >= 11 is 6.18. The van der Waals surface area contributed by atoms with Gasteiger partial charge in [0, 0.05) is 34.4 Å². The highest BCUT2D eigenvalue weighted by Crippen LogP contribution is 2.38. The van der Waals surface area contributed by atoms with Gasteiger partial charge in [0.1, 0.15) is 13.2 Å². The Morgan fingerprint density at radius 1 is 1.16 bits per heavy atom. The number of amides is 1. The summed E-state index contributed by atoms with van der Waals surface area (Å²) in [6.07, 6.45) is 0.194. The van der Waals surface area contributed by atoms with E-state index in [-0.39, 0.29) is 18.1 Å². The molecule has 3 rings (SSSR count). The summed E-state index contributed by atoms with van der Waals surface area (Å²) < 4.78 is 23.2. The third-order valence-electron chi connectivity index (χ3n) is 3.60. The van der Waals surface area contributed by atoms with Crippen LogP contribution in [0, 0.1) is 0 Å². The van der Waals surface area contributed by atoms with Crippen LogP contribution in [0.4, 0.5) is 5.69 Å². The number of rotatable bonds is 6. The zero-order chi connectivity index (χ0) is 17.6. The first-order valence-corrected chi connectivity index (χ1v) is 9.76. The lowest BCUT2D eigenvalue weighted by atomic mass is 10.2. The van der Waals surface area contributed by atoms with E-state index in [1.165, 1.54) is 0 Å². The number of carbonyl (C=O) groups excluding carboxylic acids is 1. The normalized spacial score (nSPS) is 14.0. The summed E-state index contributed by atoms with van der Waals surface area (Å²) in [6, 6.07) is 12.7. The number of halogens is 1. The van der Waals surface area contributed by atoms with Crippen molar-refractivity contribution in [3.05, 3.63) is 53.1 Å². The van der Waals surface area contributed by atoms with Gasteiger partial charge >= 0.3 is 0 Å². The van der Waals surface area contributed by atoms with Gasteiger partial charge in [-0.2, -0.15) is 0 Å². The standard InChI is InChI=1S/C18H18ClNO4S/c19-15-10-13(11-16-18(15)24-8-7-23-16)12-25(22)9-6-17(21)20-14-4-2-1-3-5-14/h1-5,10-11H,6-9,12H2,(H,20,21). The van der Waals surface area contributed by atoms with Crippen LogP contribution in [0.25, 0.3) is 0 Å². The largest absolute Gasteiger partial charge is 0.486 e. The van der Waals surface area contributed by atoms with Crippen molar-refractivity contribution in [3.8, 4) is 11.5 Å². The van der Waals surface area contributed by atoms with Crippen molar-refractivity contribution in [2.24, 2.45) is 0 Å². The van der Waals surface area contributed by atoms with E-state index in [2.05, 4.69) is 5.32 Å². The fraction of sp³-hybridized carbons (Fsp3) is 0.278. The maximum Gasteiger partial charge on any atom is 0.225 e. The van der Waals surface area contributed by atoms with Crippen LogP contribution in [0.5, 0.6) is 11.5 Å². The topological polar surface area (TPSA) is 64.6 Å². The van der Waals surface area contributed by atoms with Crippen LogP contribution in [0.1, 0.15) is 12.0 Å². The first kappa shape index (κ1) is 17.8. The minimum Gasteiger partial charge on any atom is -0.486 e. The van der Waals surface area contributed by atoms with Crippen molar-refractivity contribution in [1.82, 2.24) is 0 Å². The number of anilines is 1. The summed E-state index contributed by atoms with van der Waals surface area (Å²) in [5.41, 5.74) is 1.54. The molecule has 1 atom stereocenters. The average Bonchev–Trinajstić information content (AvgIpc) is 2.61. The highest BCUT2D eigenvalue weighted by molar-refractivity contribution is 7.84. The monoisotopic (exact) mass is 379 g/mol. The van der Waals surface area contributed by atoms with E-state index in [0.717, 1.165) is 11.3 Å². The van der Waals surface area contributed by atoms with E-state index < -0.39 is 10.8 Å². The van der Waals surface area contributed by atoms with Crippen LogP contribution in [0.2, 0.25) is 5.02 Å². The molecule has 0 bridgehead atoms. The molecule has 0 spiro atoms.